The molecule has 3 aliphatic rings. The lowest BCUT2D eigenvalue weighted by atomic mass is 10.1. The number of nitrogens with zero attached hydrogens (tertiary/aromatic N) is 5. The average molecular weight is 502 g/mol. The fraction of sp³-hybridized carbons (Fsp3) is 0.407. The number of carbonyl (C=O) groups is 1. The SMILES string of the molecule is C[C@@H]1COCCN1c1cc(N2C3CCC2COC3)nc(-c2ccc(NC(=O)Nc3ccncc3)cc2)n1. The Morgan fingerprint density at radius 3 is 2.27 bits per heavy atom. The monoisotopic (exact) mass is 501 g/mol. The maximum absolute atomic E-state index is 12.4. The lowest BCUT2D eigenvalue weighted by Crippen LogP contribution is -2.47. The van der Waals surface area contributed by atoms with Crippen LogP contribution in [0.5, 0.6) is 0 Å². The van der Waals surface area contributed by atoms with Gasteiger partial charge in [0.2, 0.25) is 0 Å². The molecular weight excluding hydrogens is 470 g/mol. The summed E-state index contributed by atoms with van der Waals surface area (Å²) < 4.78 is 11.5. The summed E-state index contributed by atoms with van der Waals surface area (Å²) in [5.74, 6) is 2.54. The van der Waals surface area contributed by atoms with E-state index in [0.717, 1.165) is 49.8 Å². The van der Waals surface area contributed by atoms with Gasteiger partial charge in [0.25, 0.3) is 0 Å². The Morgan fingerprint density at radius 1 is 0.892 bits per heavy atom. The average Bonchev–Trinajstić information content (AvgIpc) is 3.17. The first-order valence-electron chi connectivity index (χ1n) is 12.8. The molecule has 2 N–H and O–H groups in total. The predicted molar refractivity (Wildman–Crippen MR) is 142 cm³/mol. The number of urea groups is 1. The van der Waals surface area contributed by atoms with E-state index in [9.17, 15) is 4.79 Å². The van der Waals surface area contributed by atoms with E-state index in [1.54, 1.807) is 24.5 Å². The number of ether oxygens (including phenoxy) is 2. The summed E-state index contributed by atoms with van der Waals surface area (Å²) in [5, 5.41) is 5.66. The minimum Gasteiger partial charge on any atom is -0.377 e. The van der Waals surface area contributed by atoms with Crippen LogP contribution in [-0.2, 0) is 9.47 Å². The topological polar surface area (TPSA) is 105 Å². The second-order valence-corrected chi connectivity index (χ2v) is 9.75. The Labute approximate surface area is 216 Å². The van der Waals surface area contributed by atoms with Crippen molar-refractivity contribution in [3.63, 3.8) is 0 Å². The van der Waals surface area contributed by atoms with Crippen molar-refractivity contribution in [2.45, 2.75) is 37.9 Å². The smallest absolute Gasteiger partial charge is 0.323 e. The molecule has 2 amide bonds. The third-order valence-electron chi connectivity index (χ3n) is 7.21. The zero-order valence-electron chi connectivity index (χ0n) is 20.8. The Kier molecular flexibility index (Phi) is 6.58. The highest BCUT2D eigenvalue weighted by molar-refractivity contribution is 5.99. The molecule has 37 heavy (non-hydrogen) atoms. The molecule has 10 nitrogen and oxygen atoms in total. The van der Waals surface area contributed by atoms with Crippen molar-refractivity contribution in [2.75, 3.05) is 53.4 Å². The molecule has 3 fully saturated rings. The van der Waals surface area contributed by atoms with E-state index in [1.807, 2.05) is 24.3 Å². The molecule has 10 heteroatoms. The molecule has 192 valence electrons. The number of rotatable bonds is 5. The van der Waals surface area contributed by atoms with Crippen LogP contribution in [0.4, 0.5) is 27.8 Å². The van der Waals surface area contributed by atoms with Gasteiger partial charge in [0.1, 0.15) is 11.6 Å². The molecule has 2 aromatic heterocycles. The minimum absolute atomic E-state index is 0.233. The Morgan fingerprint density at radius 2 is 1.57 bits per heavy atom. The van der Waals surface area contributed by atoms with Crippen molar-refractivity contribution in [1.29, 1.82) is 0 Å². The van der Waals surface area contributed by atoms with Gasteiger partial charge in [-0.05, 0) is 56.2 Å². The van der Waals surface area contributed by atoms with Crippen LogP contribution in [0.2, 0.25) is 0 Å². The minimum atomic E-state index is -0.316. The molecule has 5 heterocycles. The van der Waals surface area contributed by atoms with E-state index in [2.05, 4.69) is 38.4 Å². The number of benzene rings is 1. The second kappa shape index (κ2) is 10.3. The molecule has 3 aromatic rings. The Bertz CT molecular complexity index is 1220. The molecule has 3 aliphatic heterocycles. The summed E-state index contributed by atoms with van der Waals surface area (Å²) in [4.78, 5) is 31.1. The number of fused-ring (bicyclic) bond motifs is 2. The van der Waals surface area contributed by atoms with Crippen LogP contribution in [0.1, 0.15) is 19.8 Å². The van der Waals surface area contributed by atoms with Crippen LogP contribution in [0.15, 0.2) is 54.9 Å². The number of aromatic nitrogens is 3. The third kappa shape index (κ3) is 5.07. The first-order valence-corrected chi connectivity index (χ1v) is 12.8. The van der Waals surface area contributed by atoms with Gasteiger partial charge < -0.3 is 29.9 Å². The number of hydrogen-bond donors (Lipinski definition) is 2. The Balaban J connectivity index is 1.27. The van der Waals surface area contributed by atoms with E-state index < -0.39 is 0 Å². The number of carbonyl (C=O) groups excluding carboxylic acids is 1. The molecule has 0 saturated carbocycles. The summed E-state index contributed by atoms with van der Waals surface area (Å²) in [7, 11) is 0. The summed E-state index contributed by atoms with van der Waals surface area (Å²) >= 11 is 0. The Hall–Kier alpha value is -3.76. The van der Waals surface area contributed by atoms with Gasteiger partial charge in [-0.15, -0.1) is 0 Å². The van der Waals surface area contributed by atoms with E-state index in [-0.39, 0.29) is 12.1 Å². The van der Waals surface area contributed by atoms with Crippen molar-refractivity contribution >= 4 is 29.0 Å². The maximum Gasteiger partial charge on any atom is 0.323 e. The van der Waals surface area contributed by atoms with Crippen LogP contribution in [0.3, 0.4) is 0 Å². The number of nitrogens with one attached hydrogen (secondary N) is 2. The van der Waals surface area contributed by atoms with Gasteiger partial charge in [-0.3, -0.25) is 4.98 Å². The van der Waals surface area contributed by atoms with Gasteiger partial charge in [0.05, 0.1) is 44.6 Å². The fourth-order valence-electron chi connectivity index (χ4n) is 5.33. The predicted octanol–water partition coefficient (Wildman–Crippen LogP) is 3.78. The lowest BCUT2D eigenvalue weighted by molar-refractivity contribution is 0.0901. The first-order chi connectivity index (χ1) is 18.1. The van der Waals surface area contributed by atoms with E-state index in [4.69, 9.17) is 19.4 Å². The maximum atomic E-state index is 12.4. The van der Waals surface area contributed by atoms with Gasteiger partial charge in [-0.2, -0.15) is 0 Å². The van der Waals surface area contributed by atoms with E-state index >= 15 is 0 Å². The summed E-state index contributed by atoms with van der Waals surface area (Å²) in [6, 6.07) is 13.8. The molecule has 2 bridgehead atoms. The van der Waals surface area contributed by atoms with Crippen molar-refractivity contribution in [3.05, 3.63) is 54.9 Å². The molecular formula is C27H31N7O3. The molecule has 0 aliphatic carbocycles. The molecule has 0 spiro atoms. The van der Waals surface area contributed by atoms with E-state index in [1.165, 1.54) is 0 Å². The zero-order valence-corrected chi connectivity index (χ0v) is 20.8. The largest absolute Gasteiger partial charge is 0.377 e. The number of pyridine rings is 1. The van der Waals surface area contributed by atoms with Gasteiger partial charge >= 0.3 is 6.03 Å². The van der Waals surface area contributed by atoms with Crippen molar-refractivity contribution in [1.82, 2.24) is 15.0 Å². The molecule has 6 rings (SSSR count). The molecule has 3 atom stereocenters. The highest BCUT2D eigenvalue weighted by Gasteiger charge is 2.39. The van der Waals surface area contributed by atoms with Crippen molar-refractivity contribution in [2.24, 2.45) is 0 Å². The number of amides is 2. The van der Waals surface area contributed by atoms with E-state index in [0.29, 0.717) is 42.5 Å². The molecule has 2 unspecified atom stereocenters. The number of morpholine rings is 2. The molecule has 1 aromatic carbocycles. The van der Waals surface area contributed by atoms with Crippen LogP contribution >= 0.6 is 0 Å². The quantitative estimate of drug-likeness (QED) is 0.544. The van der Waals surface area contributed by atoms with Crippen molar-refractivity contribution < 1.29 is 14.3 Å². The van der Waals surface area contributed by atoms with Crippen LogP contribution < -0.4 is 20.4 Å². The number of anilines is 4. The van der Waals surface area contributed by atoms with Gasteiger partial charge in [0.15, 0.2) is 5.82 Å². The molecule has 0 radical (unpaired) electrons. The van der Waals surface area contributed by atoms with Gasteiger partial charge in [-0.25, -0.2) is 14.8 Å². The van der Waals surface area contributed by atoms with Crippen LogP contribution in [-0.4, -0.2) is 72.1 Å². The fourth-order valence-corrected chi connectivity index (χ4v) is 5.33. The van der Waals surface area contributed by atoms with Crippen LogP contribution in [0, 0.1) is 0 Å². The standard InChI is InChI=1S/C27H31N7O3/c1-18-15-36-13-12-33(18)24-14-25(34-22-6-7-23(34)17-37-16-22)32-26(31-24)19-2-4-20(5-3-19)29-27(35)30-21-8-10-28-11-9-21/h2-5,8-11,14,18,22-23H,6-7,12-13,15-17H2,1H3,(H2,28,29,30,35)/t18-,22?,23?/m1/s1. The summed E-state index contributed by atoms with van der Waals surface area (Å²) in [6.07, 6.45) is 5.50. The lowest BCUT2D eigenvalue weighted by Gasteiger charge is -2.38. The summed E-state index contributed by atoms with van der Waals surface area (Å²) in [6.45, 7) is 5.80. The second-order valence-electron chi connectivity index (χ2n) is 9.75. The first kappa shape index (κ1) is 23.6. The highest BCUT2D eigenvalue weighted by Crippen LogP contribution is 2.36. The van der Waals surface area contributed by atoms with Gasteiger partial charge in [-0.1, -0.05) is 0 Å². The van der Waals surface area contributed by atoms with Gasteiger partial charge in [0, 0.05) is 41.9 Å². The zero-order chi connectivity index (χ0) is 25.2. The normalized spacial score (nSPS) is 23.1. The third-order valence-corrected chi connectivity index (χ3v) is 7.21. The molecule has 3 saturated heterocycles. The van der Waals surface area contributed by atoms with Crippen molar-refractivity contribution in [3.8, 4) is 11.4 Å². The van der Waals surface area contributed by atoms with Crippen LogP contribution in [0.25, 0.3) is 11.4 Å². The summed E-state index contributed by atoms with van der Waals surface area (Å²) in [5.41, 5.74) is 2.25. The number of hydrogen-bond acceptors (Lipinski definition) is 8. The highest BCUT2D eigenvalue weighted by atomic mass is 16.5.